The molecule has 1 aliphatic carbocycles. The van der Waals surface area contributed by atoms with E-state index in [9.17, 15) is 13.6 Å². The van der Waals surface area contributed by atoms with Gasteiger partial charge in [-0.2, -0.15) is 0 Å². The number of hydrogen-bond donors (Lipinski definition) is 1. The molecule has 0 radical (unpaired) electrons. The standard InChI is InChI=1S/C12H21F2NO2/c13-11(14)8-15(6-7-16)9-12(10-17)4-2-1-3-5-12/h10-11,16H,1-9H2. The molecule has 0 saturated heterocycles. The molecular weight excluding hydrogens is 228 g/mol. The summed E-state index contributed by atoms with van der Waals surface area (Å²) in [6.45, 7) is 0.0408. The third-order valence-corrected chi connectivity index (χ3v) is 3.45. The van der Waals surface area contributed by atoms with Crippen LogP contribution in [0.5, 0.6) is 0 Å². The van der Waals surface area contributed by atoms with Gasteiger partial charge in [-0.3, -0.25) is 4.90 Å². The Morgan fingerprint density at radius 1 is 1.29 bits per heavy atom. The number of carbonyl (C=O) groups excluding carboxylic acids is 1. The van der Waals surface area contributed by atoms with Crippen LogP contribution in [0.25, 0.3) is 0 Å². The van der Waals surface area contributed by atoms with Crippen molar-refractivity contribution in [3.8, 4) is 0 Å². The van der Waals surface area contributed by atoms with Crippen molar-refractivity contribution in [1.29, 1.82) is 0 Å². The molecule has 17 heavy (non-hydrogen) atoms. The van der Waals surface area contributed by atoms with Crippen LogP contribution in [0.1, 0.15) is 32.1 Å². The van der Waals surface area contributed by atoms with Crippen molar-refractivity contribution in [2.24, 2.45) is 5.41 Å². The first-order chi connectivity index (χ1) is 8.12. The Balaban J connectivity index is 2.58. The van der Waals surface area contributed by atoms with Gasteiger partial charge in [-0.1, -0.05) is 19.3 Å². The fraction of sp³-hybridized carbons (Fsp3) is 0.917. The van der Waals surface area contributed by atoms with Gasteiger partial charge in [0.15, 0.2) is 0 Å². The van der Waals surface area contributed by atoms with E-state index in [2.05, 4.69) is 0 Å². The summed E-state index contributed by atoms with van der Waals surface area (Å²) >= 11 is 0. The highest BCUT2D eigenvalue weighted by atomic mass is 19.3. The van der Waals surface area contributed by atoms with Crippen LogP contribution < -0.4 is 0 Å². The Bertz CT molecular complexity index is 231. The molecule has 1 fully saturated rings. The van der Waals surface area contributed by atoms with Crippen LogP contribution in [0.15, 0.2) is 0 Å². The summed E-state index contributed by atoms with van der Waals surface area (Å²) in [5.41, 5.74) is -0.470. The van der Waals surface area contributed by atoms with Gasteiger partial charge < -0.3 is 9.90 Å². The lowest BCUT2D eigenvalue weighted by Gasteiger charge is -2.36. The molecule has 100 valence electrons. The first kappa shape index (κ1) is 14.5. The van der Waals surface area contributed by atoms with Gasteiger partial charge in [0.2, 0.25) is 0 Å². The Morgan fingerprint density at radius 3 is 2.41 bits per heavy atom. The summed E-state index contributed by atoms with van der Waals surface area (Å²) in [7, 11) is 0. The smallest absolute Gasteiger partial charge is 0.251 e. The van der Waals surface area contributed by atoms with Crippen LogP contribution >= 0.6 is 0 Å². The molecule has 0 atom stereocenters. The second kappa shape index (κ2) is 7.01. The first-order valence-electron chi connectivity index (χ1n) is 6.19. The molecular formula is C12H21F2NO2. The van der Waals surface area contributed by atoms with E-state index in [-0.39, 0.29) is 19.7 Å². The zero-order chi connectivity index (χ0) is 12.7. The minimum atomic E-state index is -2.42. The van der Waals surface area contributed by atoms with Gasteiger partial charge >= 0.3 is 0 Å². The second-order valence-electron chi connectivity index (χ2n) is 4.89. The summed E-state index contributed by atoms with van der Waals surface area (Å²) in [6, 6.07) is 0. The highest BCUT2D eigenvalue weighted by Gasteiger charge is 2.34. The van der Waals surface area contributed by atoms with Gasteiger partial charge in [-0.05, 0) is 12.8 Å². The van der Waals surface area contributed by atoms with E-state index in [1.54, 1.807) is 0 Å². The van der Waals surface area contributed by atoms with E-state index in [0.717, 1.165) is 38.4 Å². The Kier molecular flexibility index (Phi) is 5.98. The van der Waals surface area contributed by atoms with Crippen LogP contribution in [0, 0.1) is 5.41 Å². The van der Waals surface area contributed by atoms with Crippen molar-refractivity contribution in [2.45, 2.75) is 38.5 Å². The Morgan fingerprint density at radius 2 is 1.94 bits per heavy atom. The molecule has 0 bridgehead atoms. The maximum atomic E-state index is 12.4. The van der Waals surface area contributed by atoms with Crippen molar-refractivity contribution in [1.82, 2.24) is 4.90 Å². The summed E-state index contributed by atoms with van der Waals surface area (Å²) in [4.78, 5) is 12.7. The molecule has 0 unspecified atom stereocenters. The molecule has 0 aromatic carbocycles. The van der Waals surface area contributed by atoms with E-state index in [0.29, 0.717) is 6.54 Å². The molecule has 1 N–H and O–H groups in total. The zero-order valence-electron chi connectivity index (χ0n) is 10.1. The molecule has 0 heterocycles. The highest BCUT2D eigenvalue weighted by Crippen LogP contribution is 2.35. The lowest BCUT2D eigenvalue weighted by atomic mass is 9.75. The maximum absolute atomic E-state index is 12.4. The van der Waals surface area contributed by atoms with E-state index in [1.165, 1.54) is 4.90 Å². The van der Waals surface area contributed by atoms with Crippen molar-refractivity contribution in [2.75, 3.05) is 26.2 Å². The first-order valence-corrected chi connectivity index (χ1v) is 6.19. The lowest BCUT2D eigenvalue weighted by Crippen LogP contribution is -2.43. The zero-order valence-corrected chi connectivity index (χ0v) is 10.1. The Hall–Kier alpha value is -0.550. The summed E-state index contributed by atoms with van der Waals surface area (Å²) in [5.74, 6) is 0. The van der Waals surface area contributed by atoms with Crippen LogP contribution in [0.4, 0.5) is 8.78 Å². The fourth-order valence-electron chi connectivity index (χ4n) is 2.59. The SMILES string of the molecule is O=CC1(CN(CCO)CC(F)F)CCCCC1. The third-order valence-electron chi connectivity index (χ3n) is 3.45. The van der Waals surface area contributed by atoms with Gasteiger partial charge in [0.25, 0.3) is 6.43 Å². The monoisotopic (exact) mass is 249 g/mol. The van der Waals surface area contributed by atoms with Crippen LogP contribution in [-0.4, -0.2) is 49.0 Å². The number of aliphatic hydroxyl groups excluding tert-OH is 1. The number of rotatable bonds is 7. The van der Waals surface area contributed by atoms with Gasteiger partial charge in [0.05, 0.1) is 13.2 Å². The quantitative estimate of drug-likeness (QED) is 0.698. The minimum absolute atomic E-state index is 0.151. The Labute approximate surface area is 101 Å². The average molecular weight is 249 g/mol. The number of carbonyl (C=O) groups is 1. The molecule has 0 aromatic heterocycles. The van der Waals surface area contributed by atoms with Gasteiger partial charge in [-0.25, -0.2) is 8.78 Å². The molecule has 1 saturated carbocycles. The molecule has 1 rings (SSSR count). The fourth-order valence-corrected chi connectivity index (χ4v) is 2.59. The summed E-state index contributed by atoms with van der Waals surface area (Å²) < 4.78 is 24.8. The van der Waals surface area contributed by atoms with Gasteiger partial charge in [0, 0.05) is 18.5 Å². The summed E-state index contributed by atoms with van der Waals surface area (Å²) in [6.07, 6.45) is 3.16. The number of hydrogen-bond acceptors (Lipinski definition) is 3. The van der Waals surface area contributed by atoms with Gasteiger partial charge in [-0.15, -0.1) is 0 Å². The molecule has 0 amide bonds. The van der Waals surface area contributed by atoms with E-state index in [1.807, 2.05) is 0 Å². The average Bonchev–Trinajstić information content (AvgIpc) is 2.29. The van der Waals surface area contributed by atoms with E-state index >= 15 is 0 Å². The highest BCUT2D eigenvalue weighted by molar-refractivity contribution is 5.60. The van der Waals surface area contributed by atoms with Crippen molar-refractivity contribution in [3.05, 3.63) is 0 Å². The van der Waals surface area contributed by atoms with Crippen LogP contribution in [0.3, 0.4) is 0 Å². The molecule has 1 aliphatic rings. The normalized spacial score (nSPS) is 19.8. The van der Waals surface area contributed by atoms with E-state index < -0.39 is 11.8 Å². The molecule has 0 aliphatic heterocycles. The van der Waals surface area contributed by atoms with Crippen LogP contribution in [-0.2, 0) is 4.79 Å². The van der Waals surface area contributed by atoms with Crippen LogP contribution in [0.2, 0.25) is 0 Å². The summed E-state index contributed by atoms with van der Waals surface area (Å²) in [5, 5.41) is 8.86. The van der Waals surface area contributed by atoms with E-state index in [4.69, 9.17) is 5.11 Å². The number of alkyl halides is 2. The third kappa shape index (κ3) is 4.68. The molecule has 5 heteroatoms. The number of halogens is 2. The lowest BCUT2D eigenvalue weighted by molar-refractivity contribution is -0.119. The molecule has 3 nitrogen and oxygen atoms in total. The molecule has 0 spiro atoms. The number of aliphatic hydroxyl groups is 1. The second-order valence-corrected chi connectivity index (χ2v) is 4.89. The predicted molar refractivity (Wildman–Crippen MR) is 61.1 cm³/mol. The van der Waals surface area contributed by atoms with Crippen molar-refractivity contribution in [3.63, 3.8) is 0 Å². The molecule has 0 aromatic rings. The van der Waals surface area contributed by atoms with Crippen molar-refractivity contribution < 1.29 is 18.7 Å². The van der Waals surface area contributed by atoms with Crippen molar-refractivity contribution >= 4 is 6.29 Å². The maximum Gasteiger partial charge on any atom is 0.251 e. The largest absolute Gasteiger partial charge is 0.395 e. The van der Waals surface area contributed by atoms with Gasteiger partial charge in [0.1, 0.15) is 6.29 Å². The predicted octanol–water partition coefficient (Wildman–Crippen LogP) is 1.70. The number of nitrogens with zero attached hydrogens (tertiary/aromatic N) is 1. The minimum Gasteiger partial charge on any atom is -0.395 e. The topological polar surface area (TPSA) is 40.5 Å². The number of aldehydes is 1.